The van der Waals surface area contributed by atoms with Crippen LogP contribution in [0.25, 0.3) is 0 Å². The van der Waals surface area contributed by atoms with E-state index < -0.39 is 11.9 Å². The molecule has 2 atom stereocenters. The highest BCUT2D eigenvalue weighted by Crippen LogP contribution is 2.09. The van der Waals surface area contributed by atoms with Gasteiger partial charge < -0.3 is 10.4 Å². The summed E-state index contributed by atoms with van der Waals surface area (Å²) in [6.45, 7) is 6.33. The molecule has 1 aromatic heterocycles. The minimum Gasteiger partial charge on any atom is -0.481 e. The normalized spacial score (nSPS) is 14.6. The number of carbonyl (C=O) groups is 1. The van der Waals surface area contributed by atoms with Gasteiger partial charge in [0.15, 0.2) is 0 Å². The number of hydrogen-bond donors (Lipinski definition) is 2. The molecule has 0 fully saturated rings. The number of carboxylic acid groups (broad SMARTS) is 1. The Morgan fingerprint density at radius 3 is 2.76 bits per heavy atom. The van der Waals surface area contributed by atoms with E-state index in [1.807, 2.05) is 20.2 Å². The van der Waals surface area contributed by atoms with Crippen LogP contribution in [0.15, 0.2) is 6.20 Å². The summed E-state index contributed by atoms with van der Waals surface area (Å²) in [4.78, 5) is 10.8. The molecule has 0 aliphatic rings. The first-order valence-electron chi connectivity index (χ1n) is 5.93. The quantitative estimate of drug-likeness (QED) is 0.782. The van der Waals surface area contributed by atoms with Crippen molar-refractivity contribution in [3.8, 4) is 0 Å². The summed E-state index contributed by atoms with van der Waals surface area (Å²) in [5.74, 6) is -1.16. The molecule has 0 bridgehead atoms. The predicted molar refractivity (Wildman–Crippen MR) is 65.7 cm³/mol. The Balaban J connectivity index is 2.58. The van der Waals surface area contributed by atoms with Crippen molar-refractivity contribution in [1.82, 2.24) is 15.1 Å². The third-order valence-corrected chi connectivity index (χ3v) is 3.08. The Labute approximate surface area is 102 Å². The Kier molecular flexibility index (Phi) is 4.69. The predicted octanol–water partition coefficient (Wildman–Crippen LogP) is 1.18. The molecule has 1 aromatic rings. The van der Waals surface area contributed by atoms with E-state index in [0.29, 0.717) is 6.54 Å². The number of hydrogen-bond acceptors (Lipinski definition) is 3. The number of aliphatic carboxylic acids is 1. The van der Waals surface area contributed by atoms with Gasteiger partial charge in [0.05, 0.1) is 11.6 Å². The maximum Gasteiger partial charge on any atom is 0.307 e. The molecule has 0 spiro atoms. The Morgan fingerprint density at radius 2 is 2.24 bits per heavy atom. The van der Waals surface area contributed by atoms with Gasteiger partial charge in [-0.05, 0) is 13.3 Å². The van der Waals surface area contributed by atoms with Gasteiger partial charge >= 0.3 is 5.97 Å². The largest absolute Gasteiger partial charge is 0.481 e. The molecule has 1 heterocycles. The van der Waals surface area contributed by atoms with Crippen LogP contribution in [0.5, 0.6) is 0 Å². The van der Waals surface area contributed by atoms with Crippen LogP contribution in [0.3, 0.4) is 0 Å². The van der Waals surface area contributed by atoms with Gasteiger partial charge in [0.25, 0.3) is 0 Å². The average Bonchev–Trinajstić information content (AvgIpc) is 2.65. The molecule has 96 valence electrons. The highest BCUT2D eigenvalue weighted by molar-refractivity contribution is 5.70. The topological polar surface area (TPSA) is 67.2 Å². The summed E-state index contributed by atoms with van der Waals surface area (Å²) < 4.78 is 1.79. The van der Waals surface area contributed by atoms with E-state index in [9.17, 15) is 4.79 Å². The van der Waals surface area contributed by atoms with E-state index in [1.54, 1.807) is 11.6 Å². The first kappa shape index (κ1) is 13.7. The van der Waals surface area contributed by atoms with E-state index in [-0.39, 0.29) is 6.04 Å². The number of nitrogens with zero attached hydrogens (tertiary/aromatic N) is 2. The van der Waals surface area contributed by atoms with E-state index in [0.717, 1.165) is 17.7 Å². The highest BCUT2D eigenvalue weighted by atomic mass is 16.4. The number of aromatic nitrogens is 2. The summed E-state index contributed by atoms with van der Waals surface area (Å²) >= 11 is 0. The van der Waals surface area contributed by atoms with Crippen molar-refractivity contribution in [2.45, 2.75) is 39.8 Å². The highest BCUT2D eigenvalue weighted by Gasteiger charge is 2.19. The summed E-state index contributed by atoms with van der Waals surface area (Å²) in [7, 11) is 1.89. The van der Waals surface area contributed by atoms with Crippen molar-refractivity contribution in [3.05, 3.63) is 17.5 Å². The second kappa shape index (κ2) is 5.82. The van der Waals surface area contributed by atoms with Gasteiger partial charge in [0, 0.05) is 31.4 Å². The van der Waals surface area contributed by atoms with Crippen LogP contribution in [-0.4, -0.2) is 26.9 Å². The lowest BCUT2D eigenvalue weighted by Crippen LogP contribution is -2.35. The molecule has 1 rings (SSSR count). The van der Waals surface area contributed by atoms with Crippen LogP contribution in [0.1, 0.15) is 32.0 Å². The van der Waals surface area contributed by atoms with Crippen LogP contribution >= 0.6 is 0 Å². The second-order valence-corrected chi connectivity index (χ2v) is 4.42. The molecular weight excluding hydrogens is 218 g/mol. The Bertz CT molecular complexity index is 387. The van der Waals surface area contributed by atoms with Crippen LogP contribution in [0.4, 0.5) is 0 Å². The first-order chi connectivity index (χ1) is 7.95. The van der Waals surface area contributed by atoms with Gasteiger partial charge in [-0.1, -0.05) is 13.8 Å². The molecule has 2 N–H and O–H groups in total. The minimum atomic E-state index is -0.771. The zero-order valence-electron chi connectivity index (χ0n) is 10.9. The molecule has 2 unspecified atom stereocenters. The van der Waals surface area contributed by atoms with Crippen LogP contribution in [0.2, 0.25) is 0 Å². The lowest BCUT2D eigenvalue weighted by molar-refractivity contribution is -0.141. The average molecular weight is 239 g/mol. The fourth-order valence-electron chi connectivity index (χ4n) is 1.69. The maximum absolute atomic E-state index is 10.8. The summed E-state index contributed by atoms with van der Waals surface area (Å²) in [6, 6.07) is -0.0580. The first-order valence-corrected chi connectivity index (χ1v) is 5.93. The van der Waals surface area contributed by atoms with Crippen molar-refractivity contribution >= 4 is 5.97 Å². The summed E-state index contributed by atoms with van der Waals surface area (Å²) in [6.07, 6.45) is 2.87. The molecule has 5 heteroatoms. The molecule has 0 aliphatic heterocycles. The van der Waals surface area contributed by atoms with E-state index in [4.69, 9.17) is 5.11 Å². The van der Waals surface area contributed by atoms with E-state index in [2.05, 4.69) is 17.3 Å². The van der Waals surface area contributed by atoms with Crippen molar-refractivity contribution in [3.63, 3.8) is 0 Å². The molecule has 17 heavy (non-hydrogen) atoms. The van der Waals surface area contributed by atoms with E-state index in [1.165, 1.54) is 0 Å². The number of carboxylic acids is 1. The maximum atomic E-state index is 10.8. The standard InChI is InChI=1S/C12H21N3O2/c1-5-11-10(7-15(4)14-11)6-13-9(3)8(2)12(16)17/h7-9,13H,5-6H2,1-4H3,(H,16,17). The second-order valence-electron chi connectivity index (χ2n) is 4.42. The van der Waals surface area contributed by atoms with Gasteiger partial charge in [0.1, 0.15) is 0 Å². The molecule has 0 aliphatic carbocycles. The monoisotopic (exact) mass is 239 g/mol. The zero-order chi connectivity index (χ0) is 13.0. The molecule has 0 saturated heterocycles. The summed E-state index contributed by atoms with van der Waals surface area (Å²) in [5, 5.41) is 16.5. The Morgan fingerprint density at radius 1 is 1.59 bits per heavy atom. The van der Waals surface area contributed by atoms with E-state index >= 15 is 0 Å². The minimum absolute atomic E-state index is 0.0580. The van der Waals surface area contributed by atoms with Crippen LogP contribution < -0.4 is 5.32 Å². The Hall–Kier alpha value is -1.36. The fraction of sp³-hybridized carbons (Fsp3) is 0.667. The molecule has 0 saturated carbocycles. The lowest BCUT2D eigenvalue weighted by atomic mass is 10.0. The summed E-state index contributed by atoms with van der Waals surface area (Å²) in [5.41, 5.74) is 2.20. The SMILES string of the molecule is CCc1nn(C)cc1CNC(C)C(C)C(=O)O. The van der Waals surface area contributed by atoms with Gasteiger partial charge in [-0.15, -0.1) is 0 Å². The van der Waals surface area contributed by atoms with Crippen molar-refractivity contribution in [2.75, 3.05) is 0 Å². The van der Waals surface area contributed by atoms with Crippen molar-refractivity contribution in [2.24, 2.45) is 13.0 Å². The zero-order valence-corrected chi connectivity index (χ0v) is 10.9. The number of rotatable bonds is 6. The number of aryl methyl sites for hydroxylation is 2. The number of nitrogens with one attached hydrogen (secondary N) is 1. The molecule has 0 radical (unpaired) electrons. The smallest absolute Gasteiger partial charge is 0.307 e. The van der Waals surface area contributed by atoms with Gasteiger partial charge in [-0.3, -0.25) is 9.48 Å². The fourth-order valence-corrected chi connectivity index (χ4v) is 1.69. The van der Waals surface area contributed by atoms with Gasteiger partial charge in [0.2, 0.25) is 0 Å². The molecule has 0 aromatic carbocycles. The molecule has 0 amide bonds. The third-order valence-electron chi connectivity index (χ3n) is 3.08. The molecule has 5 nitrogen and oxygen atoms in total. The molecular formula is C12H21N3O2. The van der Waals surface area contributed by atoms with Crippen molar-refractivity contribution in [1.29, 1.82) is 0 Å². The third kappa shape index (κ3) is 3.56. The van der Waals surface area contributed by atoms with Crippen molar-refractivity contribution < 1.29 is 9.90 Å². The van der Waals surface area contributed by atoms with Crippen LogP contribution in [0, 0.1) is 5.92 Å². The lowest BCUT2D eigenvalue weighted by Gasteiger charge is -2.17. The van der Waals surface area contributed by atoms with Gasteiger partial charge in [-0.2, -0.15) is 5.10 Å². The van der Waals surface area contributed by atoms with Gasteiger partial charge in [-0.25, -0.2) is 0 Å². The van der Waals surface area contributed by atoms with Crippen LogP contribution in [-0.2, 0) is 24.8 Å².